The maximum Gasteiger partial charge on any atom is 0.350 e. The summed E-state index contributed by atoms with van der Waals surface area (Å²) in [6.45, 7) is 4.78. The van der Waals surface area contributed by atoms with Gasteiger partial charge in [0.2, 0.25) is 0 Å². The van der Waals surface area contributed by atoms with Crippen molar-refractivity contribution < 1.29 is 18.3 Å². The number of anilines is 2. The Kier molecular flexibility index (Phi) is 9.25. The standard InChI is InChI=1S/C39H38F2N8O3/c40-31-6-15-36(37(41)20-31)39(25-47-27-42-26-43-47)21-30(24-52-39)22-49-38(50)48(28-44-49)34-9-7-32(8-10-34)45-16-18-46(19-17-45)33-11-13-35(14-12-33)51-23-29-4-2-1-3-5-29/h1-15,20,26-28,30H,16-19,21-25H2/t30-,39+/m1/s1. The fraction of sp³-hybridized carbons (Fsp3) is 0.282. The van der Waals surface area contributed by atoms with Gasteiger partial charge in [-0.05, 0) is 66.6 Å². The Bertz CT molecular complexity index is 2150. The highest BCUT2D eigenvalue weighted by Crippen LogP contribution is 2.42. The van der Waals surface area contributed by atoms with Crippen molar-refractivity contribution in [2.24, 2.45) is 5.92 Å². The van der Waals surface area contributed by atoms with Gasteiger partial charge in [-0.15, -0.1) is 0 Å². The van der Waals surface area contributed by atoms with Crippen molar-refractivity contribution in [1.29, 1.82) is 0 Å². The van der Waals surface area contributed by atoms with Gasteiger partial charge in [-0.25, -0.2) is 32.5 Å². The molecule has 2 aliphatic heterocycles. The highest BCUT2D eigenvalue weighted by Gasteiger charge is 2.44. The van der Waals surface area contributed by atoms with Gasteiger partial charge < -0.3 is 19.3 Å². The van der Waals surface area contributed by atoms with Crippen LogP contribution in [0.15, 0.2) is 121 Å². The minimum Gasteiger partial charge on any atom is -0.489 e. The zero-order valence-corrected chi connectivity index (χ0v) is 28.5. The largest absolute Gasteiger partial charge is 0.489 e. The zero-order valence-electron chi connectivity index (χ0n) is 28.5. The lowest BCUT2D eigenvalue weighted by atomic mass is 9.86. The number of aromatic nitrogens is 6. The van der Waals surface area contributed by atoms with E-state index in [0.29, 0.717) is 18.7 Å². The van der Waals surface area contributed by atoms with Gasteiger partial charge in [-0.3, -0.25) is 0 Å². The Balaban J connectivity index is 0.877. The average Bonchev–Trinajstić information content (AvgIpc) is 3.93. The van der Waals surface area contributed by atoms with E-state index in [-0.39, 0.29) is 36.9 Å². The van der Waals surface area contributed by atoms with Crippen LogP contribution in [-0.2, 0) is 30.0 Å². The summed E-state index contributed by atoms with van der Waals surface area (Å²) in [6, 6.07) is 29.8. The topological polar surface area (TPSA) is 95.5 Å². The van der Waals surface area contributed by atoms with Crippen LogP contribution in [0.1, 0.15) is 17.5 Å². The van der Waals surface area contributed by atoms with Crippen LogP contribution in [0.4, 0.5) is 20.2 Å². The average molecular weight is 705 g/mol. The van der Waals surface area contributed by atoms with Crippen molar-refractivity contribution in [3.05, 3.63) is 149 Å². The summed E-state index contributed by atoms with van der Waals surface area (Å²) in [5.74, 6) is -0.657. The molecule has 0 aliphatic carbocycles. The van der Waals surface area contributed by atoms with Gasteiger partial charge in [-0.1, -0.05) is 36.4 Å². The molecule has 0 bridgehead atoms. The van der Waals surface area contributed by atoms with E-state index >= 15 is 4.39 Å². The first-order valence-electron chi connectivity index (χ1n) is 17.4. The number of piperazine rings is 1. The molecule has 2 atom stereocenters. The number of ether oxygens (including phenoxy) is 2. The molecule has 0 amide bonds. The zero-order chi connectivity index (χ0) is 35.5. The van der Waals surface area contributed by atoms with Crippen LogP contribution in [0.25, 0.3) is 5.69 Å². The molecule has 2 saturated heterocycles. The van der Waals surface area contributed by atoms with Crippen molar-refractivity contribution in [2.75, 3.05) is 42.6 Å². The van der Waals surface area contributed by atoms with Gasteiger partial charge in [-0.2, -0.15) is 10.2 Å². The van der Waals surface area contributed by atoms with Gasteiger partial charge >= 0.3 is 5.69 Å². The van der Waals surface area contributed by atoms with Crippen LogP contribution in [0.2, 0.25) is 0 Å². The number of nitrogens with zero attached hydrogens (tertiary/aromatic N) is 8. The number of rotatable bonds is 11. The molecule has 2 aromatic heterocycles. The van der Waals surface area contributed by atoms with Crippen LogP contribution in [0, 0.1) is 17.6 Å². The Hall–Kier alpha value is -5.82. The van der Waals surface area contributed by atoms with Crippen molar-refractivity contribution in [2.45, 2.75) is 31.7 Å². The molecule has 52 heavy (non-hydrogen) atoms. The lowest BCUT2D eigenvalue weighted by Crippen LogP contribution is -2.46. The second kappa shape index (κ2) is 14.4. The SMILES string of the molecule is O=c1n(-c2ccc(N3CCN(c4ccc(OCc5ccccc5)cc4)CC3)cc2)cnn1C[C@@H]1CO[C@@](Cn2cncn2)(c2ccc(F)cc2F)C1. The summed E-state index contributed by atoms with van der Waals surface area (Å²) in [5, 5.41) is 8.57. The molecule has 13 heteroatoms. The Labute approximate surface area is 299 Å². The predicted octanol–water partition coefficient (Wildman–Crippen LogP) is 5.44. The molecule has 0 saturated carbocycles. The molecular formula is C39H38F2N8O3. The summed E-state index contributed by atoms with van der Waals surface area (Å²) in [5.41, 5.74) is 2.97. The minimum atomic E-state index is -1.11. The van der Waals surface area contributed by atoms with Crippen molar-refractivity contribution >= 4 is 11.4 Å². The summed E-state index contributed by atoms with van der Waals surface area (Å²) >= 11 is 0. The molecule has 0 spiro atoms. The summed E-state index contributed by atoms with van der Waals surface area (Å²) < 4.78 is 45.5. The fourth-order valence-corrected chi connectivity index (χ4v) is 7.22. The maximum absolute atomic E-state index is 15.1. The summed E-state index contributed by atoms with van der Waals surface area (Å²) in [7, 11) is 0. The third-order valence-corrected chi connectivity index (χ3v) is 9.91. The molecular weight excluding hydrogens is 666 g/mol. The Morgan fingerprint density at radius 2 is 1.50 bits per heavy atom. The first kappa shape index (κ1) is 33.3. The fourth-order valence-electron chi connectivity index (χ4n) is 7.22. The van der Waals surface area contributed by atoms with Crippen LogP contribution >= 0.6 is 0 Å². The molecule has 2 fully saturated rings. The predicted molar refractivity (Wildman–Crippen MR) is 192 cm³/mol. The summed E-state index contributed by atoms with van der Waals surface area (Å²) in [4.78, 5) is 22.2. The second-order valence-corrected chi connectivity index (χ2v) is 13.3. The first-order valence-corrected chi connectivity index (χ1v) is 17.4. The monoisotopic (exact) mass is 704 g/mol. The van der Waals surface area contributed by atoms with E-state index in [1.54, 1.807) is 4.68 Å². The van der Waals surface area contributed by atoms with Gasteiger partial charge in [0.1, 0.15) is 48.6 Å². The molecule has 2 aliphatic rings. The molecule has 0 radical (unpaired) electrons. The van der Waals surface area contributed by atoms with Crippen LogP contribution in [0.3, 0.4) is 0 Å². The van der Waals surface area contributed by atoms with Crippen LogP contribution in [0.5, 0.6) is 5.75 Å². The van der Waals surface area contributed by atoms with E-state index in [2.05, 4.69) is 49.2 Å². The van der Waals surface area contributed by atoms with Gasteiger partial charge in [0.05, 0.1) is 25.4 Å². The lowest BCUT2D eigenvalue weighted by Gasteiger charge is -2.37. The lowest BCUT2D eigenvalue weighted by molar-refractivity contribution is -0.0205. The molecule has 4 aromatic carbocycles. The molecule has 8 rings (SSSR count). The molecule has 0 unspecified atom stereocenters. The van der Waals surface area contributed by atoms with Crippen molar-refractivity contribution in [3.63, 3.8) is 0 Å². The van der Waals surface area contributed by atoms with E-state index in [1.807, 2.05) is 54.6 Å². The van der Waals surface area contributed by atoms with E-state index < -0.39 is 17.2 Å². The normalized spacial score (nSPS) is 18.9. The van der Waals surface area contributed by atoms with Crippen LogP contribution in [-0.4, -0.2) is 61.9 Å². The van der Waals surface area contributed by atoms with E-state index in [0.717, 1.165) is 49.2 Å². The highest BCUT2D eigenvalue weighted by molar-refractivity contribution is 5.54. The molecule has 266 valence electrons. The van der Waals surface area contributed by atoms with Gasteiger partial charge in [0.15, 0.2) is 0 Å². The Morgan fingerprint density at radius 3 is 2.17 bits per heavy atom. The quantitative estimate of drug-likeness (QED) is 0.176. The number of hydrogen-bond acceptors (Lipinski definition) is 8. The smallest absolute Gasteiger partial charge is 0.350 e. The van der Waals surface area contributed by atoms with Gasteiger partial charge in [0, 0.05) is 55.1 Å². The minimum absolute atomic E-state index is 0.152. The summed E-state index contributed by atoms with van der Waals surface area (Å²) in [6.07, 6.45) is 4.82. The van der Waals surface area contributed by atoms with Crippen molar-refractivity contribution in [1.82, 2.24) is 29.1 Å². The number of halogens is 2. The molecule has 0 N–H and O–H groups in total. The third-order valence-electron chi connectivity index (χ3n) is 9.91. The number of benzene rings is 4. The Morgan fingerprint density at radius 1 is 0.808 bits per heavy atom. The van der Waals surface area contributed by atoms with Gasteiger partial charge in [0.25, 0.3) is 0 Å². The second-order valence-electron chi connectivity index (χ2n) is 13.3. The molecule has 4 heterocycles. The van der Waals surface area contributed by atoms with Crippen LogP contribution < -0.4 is 20.2 Å². The molecule has 6 aromatic rings. The van der Waals surface area contributed by atoms with E-state index in [1.165, 1.54) is 46.1 Å². The highest BCUT2D eigenvalue weighted by atomic mass is 19.1. The van der Waals surface area contributed by atoms with E-state index in [9.17, 15) is 9.18 Å². The van der Waals surface area contributed by atoms with Crippen molar-refractivity contribution in [3.8, 4) is 11.4 Å². The van der Waals surface area contributed by atoms with E-state index in [4.69, 9.17) is 9.47 Å². The molecule has 11 nitrogen and oxygen atoms in total. The third kappa shape index (κ3) is 7.04. The maximum atomic E-state index is 15.1. The first-order chi connectivity index (χ1) is 25.4. The number of hydrogen-bond donors (Lipinski definition) is 0.